The standard InChI is InChI=1S/C6H12N2O2S/c7-6(9)8-11-4-5-2-1-3-10-5/h5H,1-4H2,(H3,7,8,9). The van der Waals surface area contributed by atoms with E-state index in [1.54, 1.807) is 0 Å². The van der Waals surface area contributed by atoms with Crippen LogP contribution in [0.2, 0.25) is 0 Å². The largest absolute Gasteiger partial charge is 0.377 e. The van der Waals surface area contributed by atoms with Gasteiger partial charge in [0.05, 0.1) is 6.10 Å². The molecular weight excluding hydrogens is 164 g/mol. The fourth-order valence-corrected chi connectivity index (χ4v) is 1.66. The molecule has 3 N–H and O–H groups in total. The summed E-state index contributed by atoms with van der Waals surface area (Å²) < 4.78 is 7.77. The highest BCUT2D eigenvalue weighted by molar-refractivity contribution is 7.97. The van der Waals surface area contributed by atoms with Crippen molar-refractivity contribution in [2.45, 2.75) is 18.9 Å². The molecule has 1 heterocycles. The number of nitrogens with one attached hydrogen (secondary N) is 1. The normalized spacial score (nSPS) is 23.5. The molecule has 1 aliphatic rings. The second kappa shape index (κ2) is 4.46. The van der Waals surface area contributed by atoms with Gasteiger partial charge in [-0.3, -0.25) is 4.72 Å². The Morgan fingerprint density at radius 2 is 2.64 bits per heavy atom. The molecule has 0 aliphatic carbocycles. The third-order valence-corrected chi connectivity index (χ3v) is 2.35. The molecule has 1 fully saturated rings. The lowest BCUT2D eigenvalue weighted by Gasteiger charge is -2.07. The van der Waals surface area contributed by atoms with Gasteiger partial charge in [0.15, 0.2) is 0 Å². The molecule has 1 rings (SSSR count). The Kier molecular flexibility index (Phi) is 3.51. The summed E-state index contributed by atoms with van der Waals surface area (Å²) in [7, 11) is 0. The Balaban J connectivity index is 1.98. The summed E-state index contributed by atoms with van der Waals surface area (Å²) in [6.45, 7) is 0.849. The van der Waals surface area contributed by atoms with Crippen molar-refractivity contribution in [3.63, 3.8) is 0 Å². The van der Waals surface area contributed by atoms with Crippen LogP contribution in [-0.2, 0) is 4.74 Å². The van der Waals surface area contributed by atoms with E-state index in [9.17, 15) is 4.79 Å². The molecule has 0 aromatic heterocycles. The van der Waals surface area contributed by atoms with Crippen LogP contribution in [0.3, 0.4) is 0 Å². The van der Waals surface area contributed by atoms with Gasteiger partial charge in [-0.1, -0.05) is 0 Å². The van der Waals surface area contributed by atoms with Crippen molar-refractivity contribution >= 4 is 18.0 Å². The molecule has 0 radical (unpaired) electrons. The van der Waals surface area contributed by atoms with E-state index >= 15 is 0 Å². The lowest BCUT2D eigenvalue weighted by atomic mass is 10.3. The lowest BCUT2D eigenvalue weighted by molar-refractivity contribution is 0.129. The Bertz CT molecular complexity index is 137. The molecule has 0 spiro atoms. The van der Waals surface area contributed by atoms with Crippen molar-refractivity contribution in [1.29, 1.82) is 0 Å². The summed E-state index contributed by atoms with van der Waals surface area (Å²) in [5.41, 5.74) is 4.87. The van der Waals surface area contributed by atoms with Gasteiger partial charge < -0.3 is 10.5 Å². The van der Waals surface area contributed by atoms with Crippen LogP contribution in [0.15, 0.2) is 0 Å². The van der Waals surface area contributed by atoms with Crippen LogP contribution in [0, 0.1) is 0 Å². The highest BCUT2D eigenvalue weighted by atomic mass is 32.2. The summed E-state index contributed by atoms with van der Waals surface area (Å²) in [6.07, 6.45) is 2.52. The number of ether oxygens (including phenoxy) is 1. The fraction of sp³-hybridized carbons (Fsp3) is 0.833. The molecule has 1 unspecified atom stereocenters. The van der Waals surface area contributed by atoms with Gasteiger partial charge in [0, 0.05) is 12.4 Å². The van der Waals surface area contributed by atoms with Gasteiger partial charge >= 0.3 is 6.03 Å². The molecule has 1 aliphatic heterocycles. The summed E-state index contributed by atoms with van der Waals surface area (Å²) in [5.74, 6) is 0.795. The first-order valence-corrected chi connectivity index (χ1v) is 4.56. The van der Waals surface area contributed by atoms with E-state index in [4.69, 9.17) is 10.5 Å². The molecular formula is C6H12N2O2S. The molecule has 0 bridgehead atoms. The highest BCUT2D eigenvalue weighted by Gasteiger charge is 2.15. The van der Waals surface area contributed by atoms with Gasteiger partial charge in [-0.15, -0.1) is 0 Å². The minimum absolute atomic E-state index is 0.298. The summed E-state index contributed by atoms with van der Waals surface area (Å²) in [4.78, 5) is 10.2. The molecule has 2 amide bonds. The number of amides is 2. The third-order valence-electron chi connectivity index (χ3n) is 1.47. The topological polar surface area (TPSA) is 64.4 Å². The molecule has 5 heteroatoms. The third kappa shape index (κ3) is 3.48. The zero-order chi connectivity index (χ0) is 8.10. The maximum atomic E-state index is 10.2. The lowest BCUT2D eigenvalue weighted by Crippen LogP contribution is -2.25. The van der Waals surface area contributed by atoms with Gasteiger partial charge in [0.25, 0.3) is 0 Å². The van der Waals surface area contributed by atoms with Crippen LogP contribution in [0.4, 0.5) is 4.79 Å². The number of carbonyl (C=O) groups excluding carboxylic acids is 1. The van der Waals surface area contributed by atoms with E-state index < -0.39 is 6.03 Å². The van der Waals surface area contributed by atoms with E-state index in [-0.39, 0.29) is 0 Å². The quantitative estimate of drug-likeness (QED) is 0.615. The molecule has 0 saturated carbocycles. The van der Waals surface area contributed by atoms with Crippen LogP contribution in [0.1, 0.15) is 12.8 Å². The van der Waals surface area contributed by atoms with Crippen LogP contribution in [0.25, 0.3) is 0 Å². The Morgan fingerprint density at radius 1 is 1.82 bits per heavy atom. The first kappa shape index (κ1) is 8.67. The zero-order valence-electron chi connectivity index (χ0n) is 6.21. The average Bonchev–Trinajstić information content (AvgIpc) is 2.39. The number of rotatable bonds is 3. The van der Waals surface area contributed by atoms with Crippen molar-refractivity contribution in [2.75, 3.05) is 12.4 Å². The summed E-state index contributed by atoms with van der Waals surface area (Å²) >= 11 is 1.31. The van der Waals surface area contributed by atoms with Crippen molar-refractivity contribution in [1.82, 2.24) is 4.72 Å². The van der Waals surface area contributed by atoms with E-state index in [0.29, 0.717) is 6.10 Å². The number of nitrogens with two attached hydrogens (primary N) is 1. The molecule has 11 heavy (non-hydrogen) atoms. The predicted molar refractivity (Wildman–Crippen MR) is 44.2 cm³/mol. The second-order valence-electron chi connectivity index (χ2n) is 2.41. The molecule has 0 aromatic rings. The van der Waals surface area contributed by atoms with Crippen LogP contribution >= 0.6 is 11.9 Å². The SMILES string of the molecule is NC(=O)NSCC1CCCO1. The Hall–Kier alpha value is -0.420. The van der Waals surface area contributed by atoms with Gasteiger partial charge in [-0.25, -0.2) is 4.79 Å². The van der Waals surface area contributed by atoms with Crippen molar-refractivity contribution in [3.8, 4) is 0 Å². The molecule has 4 nitrogen and oxygen atoms in total. The Morgan fingerprint density at radius 3 is 3.18 bits per heavy atom. The van der Waals surface area contributed by atoms with Crippen LogP contribution in [-0.4, -0.2) is 24.5 Å². The van der Waals surface area contributed by atoms with E-state index in [1.165, 1.54) is 11.9 Å². The molecule has 0 aromatic carbocycles. The van der Waals surface area contributed by atoms with Gasteiger partial charge in [0.1, 0.15) is 0 Å². The molecule has 1 atom stereocenters. The second-order valence-corrected chi connectivity index (χ2v) is 3.24. The maximum absolute atomic E-state index is 10.2. The minimum Gasteiger partial charge on any atom is -0.377 e. The van der Waals surface area contributed by atoms with Gasteiger partial charge in [-0.05, 0) is 24.8 Å². The smallest absolute Gasteiger partial charge is 0.322 e. The maximum Gasteiger partial charge on any atom is 0.322 e. The molecule has 1 saturated heterocycles. The van der Waals surface area contributed by atoms with Crippen molar-refractivity contribution in [3.05, 3.63) is 0 Å². The average molecular weight is 176 g/mol. The summed E-state index contributed by atoms with van der Waals surface area (Å²) in [5, 5.41) is 0. The number of hydrogen-bond donors (Lipinski definition) is 2. The minimum atomic E-state index is -0.493. The van der Waals surface area contributed by atoms with Crippen molar-refractivity contribution in [2.24, 2.45) is 5.73 Å². The van der Waals surface area contributed by atoms with Crippen LogP contribution < -0.4 is 10.5 Å². The van der Waals surface area contributed by atoms with E-state index in [2.05, 4.69) is 4.72 Å². The monoisotopic (exact) mass is 176 g/mol. The number of hydrogen-bond acceptors (Lipinski definition) is 3. The molecule has 64 valence electrons. The van der Waals surface area contributed by atoms with Gasteiger partial charge in [-0.2, -0.15) is 0 Å². The number of primary amides is 1. The van der Waals surface area contributed by atoms with Gasteiger partial charge in [0.2, 0.25) is 0 Å². The summed E-state index contributed by atoms with van der Waals surface area (Å²) in [6, 6.07) is -0.493. The van der Waals surface area contributed by atoms with Crippen LogP contribution in [0.5, 0.6) is 0 Å². The number of urea groups is 1. The zero-order valence-corrected chi connectivity index (χ0v) is 7.02. The van der Waals surface area contributed by atoms with E-state index in [0.717, 1.165) is 25.2 Å². The highest BCUT2D eigenvalue weighted by Crippen LogP contribution is 2.15. The first-order chi connectivity index (χ1) is 5.29. The number of carbonyl (C=O) groups is 1. The predicted octanol–water partition coefficient (Wildman–Crippen LogP) is 0.482. The fourth-order valence-electron chi connectivity index (χ4n) is 0.982. The van der Waals surface area contributed by atoms with E-state index in [1.807, 2.05) is 0 Å². The van der Waals surface area contributed by atoms with Crippen molar-refractivity contribution < 1.29 is 9.53 Å². The first-order valence-electron chi connectivity index (χ1n) is 3.58. The Labute approximate surface area is 70.0 Å².